The number of nitrogens with one attached hydrogen (secondary N) is 4. The van der Waals surface area contributed by atoms with Gasteiger partial charge in [-0.1, -0.05) is 31.9 Å². The topological polar surface area (TPSA) is 241 Å². The molecule has 300 valence electrons. The van der Waals surface area contributed by atoms with Gasteiger partial charge in [0, 0.05) is 76.1 Å². The molecule has 19 heteroatoms. The number of thioether (sulfide) groups is 1. The summed E-state index contributed by atoms with van der Waals surface area (Å²) < 4.78 is 8.01. The van der Waals surface area contributed by atoms with Crippen LogP contribution >= 0.6 is 11.8 Å². The highest BCUT2D eigenvalue weighted by atomic mass is 32.2. The van der Waals surface area contributed by atoms with Crippen LogP contribution in [0.1, 0.15) is 43.7 Å². The fraction of sp³-hybridized carbons (Fsp3) is 0.528. The maximum absolute atomic E-state index is 12.7. The molecule has 3 aromatic rings. The first kappa shape index (κ1) is 41.3. The summed E-state index contributed by atoms with van der Waals surface area (Å²) >= 11 is 0.919. The van der Waals surface area contributed by atoms with Crippen molar-refractivity contribution < 1.29 is 29.3 Å². The number of aliphatic carboxylic acids is 2. The number of rotatable bonds is 22. The number of carboxylic acids is 2. The molecule has 1 saturated heterocycles. The lowest BCUT2D eigenvalue weighted by Gasteiger charge is -2.35. The van der Waals surface area contributed by atoms with Gasteiger partial charge in [0.15, 0.2) is 5.82 Å². The van der Waals surface area contributed by atoms with E-state index >= 15 is 0 Å². The minimum Gasteiger partial charge on any atom is -0.496 e. The van der Waals surface area contributed by atoms with Crippen molar-refractivity contribution in [3.8, 4) is 5.75 Å². The van der Waals surface area contributed by atoms with Crippen LogP contribution in [0, 0.1) is 0 Å². The minimum atomic E-state index is -1.21. The molecule has 1 fully saturated rings. The van der Waals surface area contributed by atoms with Gasteiger partial charge in [-0.2, -0.15) is 4.98 Å². The predicted octanol–water partition coefficient (Wildman–Crippen LogP) is 1.06. The van der Waals surface area contributed by atoms with Gasteiger partial charge in [-0.3, -0.25) is 29.2 Å². The number of ether oxygens (including phenoxy) is 1. The molecular weight excluding hydrogens is 729 g/mol. The van der Waals surface area contributed by atoms with Crippen LogP contribution in [0.2, 0.25) is 0 Å². The van der Waals surface area contributed by atoms with E-state index in [-0.39, 0.29) is 18.2 Å². The molecule has 55 heavy (non-hydrogen) atoms. The molecule has 2 aliphatic heterocycles. The quantitative estimate of drug-likeness (QED) is 0.0665. The summed E-state index contributed by atoms with van der Waals surface area (Å²) in [5.41, 5.74) is 22.3. The van der Waals surface area contributed by atoms with Crippen molar-refractivity contribution in [2.45, 2.75) is 57.0 Å². The maximum atomic E-state index is 12.7. The number of fused-ring (bicyclic) bond motifs is 1. The Kier molecular flexibility index (Phi) is 15.2. The Hall–Kier alpha value is -4.82. The predicted molar refractivity (Wildman–Crippen MR) is 212 cm³/mol. The van der Waals surface area contributed by atoms with Gasteiger partial charge < -0.3 is 47.0 Å². The Labute approximate surface area is 324 Å². The molecule has 0 unspecified atom stereocenters. The van der Waals surface area contributed by atoms with Crippen LogP contribution in [0.15, 0.2) is 42.4 Å². The molecule has 0 aliphatic carbocycles. The van der Waals surface area contributed by atoms with Crippen molar-refractivity contribution in [2.24, 2.45) is 5.73 Å². The summed E-state index contributed by atoms with van der Waals surface area (Å²) in [4.78, 5) is 48.8. The van der Waals surface area contributed by atoms with Crippen molar-refractivity contribution >= 4 is 52.4 Å². The van der Waals surface area contributed by atoms with Gasteiger partial charge in [0.2, 0.25) is 11.9 Å². The number of benzene rings is 1. The van der Waals surface area contributed by atoms with Crippen molar-refractivity contribution in [1.82, 2.24) is 45.6 Å². The fourth-order valence-corrected chi connectivity index (χ4v) is 7.50. The second-order valence-corrected chi connectivity index (χ2v) is 14.9. The van der Waals surface area contributed by atoms with Crippen LogP contribution in [0.25, 0.3) is 11.0 Å². The minimum absolute atomic E-state index is 0.0768. The molecule has 0 radical (unpaired) electrons. The van der Waals surface area contributed by atoms with Crippen molar-refractivity contribution in [3.05, 3.63) is 53.5 Å². The van der Waals surface area contributed by atoms with Crippen molar-refractivity contribution in [2.75, 3.05) is 76.3 Å². The van der Waals surface area contributed by atoms with Gasteiger partial charge in [-0.15, -0.1) is 17.3 Å². The third kappa shape index (κ3) is 12.1. The number of hydrogen-bond donors (Lipinski definition) is 8. The molecule has 2 aromatic heterocycles. The Bertz CT molecular complexity index is 1800. The van der Waals surface area contributed by atoms with E-state index in [4.69, 9.17) is 21.3 Å². The zero-order valence-electron chi connectivity index (χ0n) is 31.5. The lowest BCUT2D eigenvalue weighted by atomic mass is 10.1. The van der Waals surface area contributed by atoms with E-state index in [1.807, 2.05) is 23.5 Å². The molecule has 1 amide bonds. The van der Waals surface area contributed by atoms with Crippen LogP contribution in [0.3, 0.4) is 0 Å². The van der Waals surface area contributed by atoms with Crippen molar-refractivity contribution in [1.29, 1.82) is 0 Å². The van der Waals surface area contributed by atoms with Gasteiger partial charge >= 0.3 is 11.9 Å². The summed E-state index contributed by atoms with van der Waals surface area (Å²) in [7, 11) is 1.71. The highest BCUT2D eigenvalue weighted by Crippen LogP contribution is 2.28. The summed E-state index contributed by atoms with van der Waals surface area (Å²) in [6.45, 7) is 9.86. The summed E-state index contributed by atoms with van der Waals surface area (Å²) in [6, 6.07) is 7.22. The van der Waals surface area contributed by atoms with E-state index in [2.05, 4.69) is 71.1 Å². The molecule has 4 heterocycles. The van der Waals surface area contributed by atoms with Crippen molar-refractivity contribution in [3.63, 3.8) is 0 Å². The maximum Gasteiger partial charge on any atom is 0.321 e. The number of nitrogen functional groups attached to an aromatic ring is 1. The van der Waals surface area contributed by atoms with E-state index in [0.29, 0.717) is 18.8 Å². The fourth-order valence-electron chi connectivity index (χ4n) is 6.42. The molecular formula is C36H54N12O6S. The van der Waals surface area contributed by atoms with Gasteiger partial charge in [0.05, 0.1) is 43.1 Å². The van der Waals surface area contributed by atoms with Crippen LogP contribution in [0.5, 0.6) is 5.75 Å². The summed E-state index contributed by atoms with van der Waals surface area (Å²) in [6.07, 6.45) is 6.79. The average molecular weight is 783 g/mol. The normalized spacial score (nSPS) is 16.1. The number of aromatic nitrogens is 3. The van der Waals surface area contributed by atoms with Gasteiger partial charge in [-0.25, -0.2) is 4.98 Å². The molecule has 1 aromatic carbocycles. The number of methoxy groups -OCH3 is 1. The van der Waals surface area contributed by atoms with Crippen LogP contribution in [0.4, 0.5) is 11.8 Å². The van der Waals surface area contributed by atoms with E-state index in [1.54, 1.807) is 7.11 Å². The number of nitrogens with zero attached hydrogens (tertiary/aromatic N) is 6. The number of hydrazine groups is 2. The van der Waals surface area contributed by atoms with Crippen LogP contribution in [-0.2, 0) is 27.5 Å². The Morgan fingerprint density at radius 1 is 1.05 bits per heavy atom. The van der Waals surface area contributed by atoms with E-state index in [1.165, 1.54) is 5.56 Å². The number of nitrogens with two attached hydrogens (primary N) is 2. The second kappa shape index (κ2) is 20.2. The SMILES string of the molecule is CCCCCNc1nc(N)nc2ccn(Cc3ccc(CN4CCN(CCN5C=C(CNC(=O)[C@@H](CC(=O)O)SC[C@H](N)C(=O)O)NN5)CC4)cc3OC)c12. The highest BCUT2D eigenvalue weighted by Gasteiger charge is 2.26. The standard InChI is InChI=1S/C36H54N12O6S/c1-3-4-5-9-39-33-32-28(41-36(38)42-33)8-10-47(32)21-25-7-6-24(17-29(25)54-2)20-46-13-11-45(12-14-46)15-16-48-22-26(43-44-48)19-40-34(51)30(18-31(49)50)55-23-27(37)35(52)53/h6-8,10,17,22,27,30,43-44H,3-5,9,11-16,18-21,23,37H2,1-2H3,(H,40,51)(H,49,50)(H,52,53)(H3,38,39,41,42)/t27-,30+/m0/s1. The molecule has 0 saturated carbocycles. The number of anilines is 2. The number of amides is 1. The molecule has 2 atom stereocenters. The molecule has 2 aliphatic rings. The first-order valence-corrected chi connectivity index (χ1v) is 19.6. The summed E-state index contributed by atoms with van der Waals surface area (Å²) in [5, 5.41) is 25.3. The van der Waals surface area contributed by atoms with Crippen LogP contribution < -0.4 is 37.8 Å². The number of carbonyl (C=O) groups excluding carboxylic acids is 1. The molecule has 0 spiro atoms. The molecule has 18 nitrogen and oxygen atoms in total. The Balaban J connectivity index is 1.06. The number of piperazine rings is 1. The van der Waals surface area contributed by atoms with Gasteiger partial charge in [0.1, 0.15) is 17.3 Å². The number of carboxylic acid groups (broad SMARTS) is 2. The van der Waals surface area contributed by atoms with E-state index in [9.17, 15) is 19.5 Å². The largest absolute Gasteiger partial charge is 0.496 e. The number of carbonyl (C=O) groups is 3. The lowest BCUT2D eigenvalue weighted by molar-refractivity contribution is -0.138. The molecule has 5 rings (SSSR count). The van der Waals surface area contributed by atoms with E-state index < -0.39 is 35.6 Å². The second-order valence-electron chi connectivity index (χ2n) is 13.7. The monoisotopic (exact) mass is 782 g/mol. The van der Waals surface area contributed by atoms with E-state index in [0.717, 1.165) is 105 Å². The Morgan fingerprint density at radius 2 is 1.84 bits per heavy atom. The third-order valence-electron chi connectivity index (χ3n) is 9.49. The number of hydrogen-bond acceptors (Lipinski definition) is 15. The first-order valence-electron chi connectivity index (χ1n) is 18.6. The molecule has 10 N–H and O–H groups in total. The zero-order chi connectivity index (χ0) is 39.3. The first-order chi connectivity index (χ1) is 26.5. The molecule has 0 bridgehead atoms. The highest BCUT2D eigenvalue weighted by molar-refractivity contribution is 8.00. The lowest BCUT2D eigenvalue weighted by Crippen LogP contribution is -2.49. The smallest absolute Gasteiger partial charge is 0.321 e. The summed E-state index contributed by atoms with van der Waals surface area (Å²) in [5.74, 6) is -1.09. The third-order valence-corrected chi connectivity index (χ3v) is 10.8. The number of unbranched alkanes of at least 4 members (excludes halogenated alkanes) is 2. The van der Waals surface area contributed by atoms with Crippen LogP contribution in [-0.4, -0.2) is 134 Å². The van der Waals surface area contributed by atoms with Gasteiger partial charge in [-0.05, 0) is 24.1 Å². The zero-order valence-corrected chi connectivity index (χ0v) is 32.3. The Morgan fingerprint density at radius 3 is 2.56 bits per heavy atom. The van der Waals surface area contributed by atoms with Gasteiger partial charge in [0.25, 0.3) is 0 Å². The average Bonchev–Trinajstić information content (AvgIpc) is 3.80.